The SMILES string of the molecule is O=C(O)Cc1ccc(CNc2cccc(C(=O)O)c2)s1. The highest BCUT2D eigenvalue weighted by Gasteiger charge is 2.06. The lowest BCUT2D eigenvalue weighted by Crippen LogP contribution is -2.00. The maximum atomic E-state index is 10.9. The van der Waals surface area contributed by atoms with E-state index in [1.807, 2.05) is 6.07 Å². The number of carboxylic acid groups (broad SMARTS) is 2. The average Bonchev–Trinajstić information content (AvgIpc) is 2.83. The first-order valence-corrected chi connectivity index (χ1v) is 6.73. The highest BCUT2D eigenvalue weighted by Crippen LogP contribution is 2.19. The van der Waals surface area contributed by atoms with Gasteiger partial charge in [0.1, 0.15) is 0 Å². The maximum absolute atomic E-state index is 10.9. The van der Waals surface area contributed by atoms with E-state index in [1.165, 1.54) is 17.4 Å². The molecular formula is C14H13NO4S. The first-order chi connectivity index (χ1) is 9.54. The van der Waals surface area contributed by atoms with Crippen LogP contribution in [-0.2, 0) is 17.8 Å². The number of benzene rings is 1. The molecule has 0 unspecified atom stereocenters. The molecule has 20 heavy (non-hydrogen) atoms. The van der Waals surface area contributed by atoms with E-state index in [4.69, 9.17) is 10.2 Å². The van der Waals surface area contributed by atoms with Crippen molar-refractivity contribution in [2.75, 3.05) is 5.32 Å². The minimum atomic E-state index is -0.964. The Bertz CT molecular complexity index is 636. The quantitative estimate of drug-likeness (QED) is 0.761. The molecule has 1 aromatic carbocycles. The highest BCUT2D eigenvalue weighted by molar-refractivity contribution is 7.12. The number of hydrogen-bond donors (Lipinski definition) is 3. The molecule has 3 N–H and O–H groups in total. The van der Waals surface area contributed by atoms with Gasteiger partial charge in [-0.3, -0.25) is 4.79 Å². The molecule has 5 nitrogen and oxygen atoms in total. The van der Waals surface area contributed by atoms with Crippen LogP contribution in [0.1, 0.15) is 20.1 Å². The van der Waals surface area contributed by atoms with Gasteiger partial charge in [-0.25, -0.2) is 4.79 Å². The van der Waals surface area contributed by atoms with Gasteiger partial charge in [-0.2, -0.15) is 0 Å². The topological polar surface area (TPSA) is 86.6 Å². The van der Waals surface area contributed by atoms with E-state index in [0.717, 1.165) is 15.4 Å². The molecule has 0 saturated carbocycles. The third-order valence-electron chi connectivity index (χ3n) is 2.62. The van der Waals surface area contributed by atoms with Crippen molar-refractivity contribution in [1.29, 1.82) is 0 Å². The van der Waals surface area contributed by atoms with E-state index in [1.54, 1.807) is 24.3 Å². The first kappa shape index (κ1) is 14.1. The predicted octanol–water partition coefficient (Wildman–Crippen LogP) is 2.69. The standard InChI is InChI=1S/C14H13NO4S/c16-13(17)7-11-4-5-12(20-11)8-15-10-3-1-2-9(6-10)14(18)19/h1-6,15H,7-8H2,(H,16,17)(H,18,19). The van der Waals surface area contributed by atoms with Crippen LogP contribution in [0.25, 0.3) is 0 Å². The van der Waals surface area contributed by atoms with E-state index in [2.05, 4.69) is 5.32 Å². The summed E-state index contributed by atoms with van der Waals surface area (Å²) in [6, 6.07) is 10.2. The van der Waals surface area contributed by atoms with E-state index in [9.17, 15) is 9.59 Å². The van der Waals surface area contributed by atoms with E-state index >= 15 is 0 Å². The van der Waals surface area contributed by atoms with Crippen LogP contribution in [0.5, 0.6) is 0 Å². The second-order valence-corrected chi connectivity index (χ2v) is 5.43. The molecule has 2 aromatic rings. The van der Waals surface area contributed by atoms with Crippen molar-refractivity contribution >= 4 is 29.0 Å². The summed E-state index contributed by atoms with van der Waals surface area (Å²) in [6.07, 6.45) is 0.0270. The Morgan fingerprint density at radius 1 is 1.10 bits per heavy atom. The van der Waals surface area contributed by atoms with Crippen molar-refractivity contribution in [1.82, 2.24) is 0 Å². The Kier molecular flexibility index (Phi) is 4.37. The number of aliphatic carboxylic acids is 1. The number of carboxylic acids is 2. The molecule has 104 valence electrons. The predicted molar refractivity (Wildman–Crippen MR) is 76.4 cm³/mol. The van der Waals surface area contributed by atoms with Crippen LogP contribution >= 0.6 is 11.3 Å². The maximum Gasteiger partial charge on any atom is 0.335 e. The molecule has 0 aliphatic carbocycles. The van der Waals surface area contributed by atoms with Gasteiger partial charge >= 0.3 is 11.9 Å². The van der Waals surface area contributed by atoms with Crippen molar-refractivity contribution in [3.05, 3.63) is 51.7 Å². The molecular weight excluding hydrogens is 278 g/mol. The fourth-order valence-electron chi connectivity index (χ4n) is 1.71. The zero-order valence-corrected chi connectivity index (χ0v) is 11.3. The van der Waals surface area contributed by atoms with Gasteiger partial charge in [-0.05, 0) is 30.3 Å². The molecule has 1 heterocycles. The third kappa shape index (κ3) is 3.83. The van der Waals surface area contributed by atoms with Crippen LogP contribution in [0.15, 0.2) is 36.4 Å². The van der Waals surface area contributed by atoms with Crippen molar-refractivity contribution in [2.24, 2.45) is 0 Å². The average molecular weight is 291 g/mol. The zero-order valence-electron chi connectivity index (χ0n) is 10.5. The van der Waals surface area contributed by atoms with Gasteiger partial charge in [-0.1, -0.05) is 6.07 Å². The fraction of sp³-hybridized carbons (Fsp3) is 0.143. The molecule has 0 fully saturated rings. The number of anilines is 1. The van der Waals surface area contributed by atoms with Crippen molar-refractivity contribution in [2.45, 2.75) is 13.0 Å². The number of aromatic carboxylic acids is 1. The summed E-state index contributed by atoms with van der Waals surface area (Å²) < 4.78 is 0. The van der Waals surface area contributed by atoms with Crippen LogP contribution in [0.2, 0.25) is 0 Å². The Labute approximate surface area is 119 Å². The van der Waals surface area contributed by atoms with E-state index in [-0.39, 0.29) is 12.0 Å². The van der Waals surface area contributed by atoms with Gasteiger partial charge in [0.2, 0.25) is 0 Å². The van der Waals surface area contributed by atoms with Crippen molar-refractivity contribution in [3.63, 3.8) is 0 Å². The molecule has 0 bridgehead atoms. The van der Waals surface area contributed by atoms with Crippen LogP contribution in [0.4, 0.5) is 5.69 Å². The summed E-state index contributed by atoms with van der Waals surface area (Å²) in [7, 11) is 0. The molecule has 1 aromatic heterocycles. The molecule has 0 aliphatic heterocycles. The normalized spacial score (nSPS) is 10.2. The first-order valence-electron chi connectivity index (χ1n) is 5.91. The van der Waals surface area contributed by atoms with Crippen LogP contribution in [-0.4, -0.2) is 22.2 Å². The summed E-state index contributed by atoms with van der Waals surface area (Å²) in [6.45, 7) is 0.535. The van der Waals surface area contributed by atoms with Gasteiger partial charge < -0.3 is 15.5 Å². The number of nitrogens with one attached hydrogen (secondary N) is 1. The monoisotopic (exact) mass is 291 g/mol. The third-order valence-corrected chi connectivity index (χ3v) is 3.70. The Balaban J connectivity index is 1.98. The smallest absolute Gasteiger partial charge is 0.335 e. The van der Waals surface area contributed by atoms with Gasteiger partial charge in [0.15, 0.2) is 0 Å². The molecule has 0 saturated heterocycles. The second-order valence-electron chi connectivity index (χ2n) is 4.18. The summed E-state index contributed by atoms with van der Waals surface area (Å²) in [5, 5.41) is 20.7. The van der Waals surface area contributed by atoms with Gasteiger partial charge in [0.25, 0.3) is 0 Å². The second kappa shape index (κ2) is 6.21. The lowest BCUT2D eigenvalue weighted by atomic mass is 10.2. The largest absolute Gasteiger partial charge is 0.481 e. The summed E-state index contributed by atoms with van der Waals surface area (Å²) in [4.78, 5) is 23.2. The molecule has 0 spiro atoms. The Morgan fingerprint density at radius 2 is 1.85 bits per heavy atom. The zero-order chi connectivity index (χ0) is 14.5. The lowest BCUT2D eigenvalue weighted by molar-refractivity contribution is -0.136. The molecule has 0 radical (unpaired) electrons. The minimum Gasteiger partial charge on any atom is -0.481 e. The number of rotatable bonds is 6. The van der Waals surface area contributed by atoms with E-state index < -0.39 is 11.9 Å². The Morgan fingerprint density at radius 3 is 2.55 bits per heavy atom. The number of carbonyl (C=O) groups is 2. The Hall–Kier alpha value is -2.34. The van der Waals surface area contributed by atoms with Crippen LogP contribution in [0.3, 0.4) is 0 Å². The minimum absolute atomic E-state index is 0.0270. The van der Waals surface area contributed by atoms with Crippen molar-refractivity contribution < 1.29 is 19.8 Å². The van der Waals surface area contributed by atoms with Crippen LogP contribution in [0, 0.1) is 0 Å². The van der Waals surface area contributed by atoms with Gasteiger partial charge in [0.05, 0.1) is 12.0 Å². The molecule has 0 amide bonds. The van der Waals surface area contributed by atoms with Gasteiger partial charge in [0, 0.05) is 22.0 Å². The molecule has 2 rings (SSSR count). The fourth-order valence-corrected chi connectivity index (χ4v) is 2.66. The number of hydrogen-bond acceptors (Lipinski definition) is 4. The number of thiophene rings is 1. The molecule has 6 heteroatoms. The molecule has 0 atom stereocenters. The van der Waals surface area contributed by atoms with Crippen LogP contribution < -0.4 is 5.32 Å². The summed E-state index contributed by atoms with van der Waals surface area (Å²) in [5.41, 5.74) is 0.950. The van der Waals surface area contributed by atoms with Gasteiger partial charge in [-0.15, -0.1) is 11.3 Å². The lowest BCUT2D eigenvalue weighted by Gasteiger charge is -2.05. The summed E-state index contributed by atoms with van der Waals surface area (Å²) >= 11 is 1.43. The van der Waals surface area contributed by atoms with Crippen molar-refractivity contribution in [3.8, 4) is 0 Å². The van der Waals surface area contributed by atoms with E-state index in [0.29, 0.717) is 6.54 Å². The highest BCUT2D eigenvalue weighted by atomic mass is 32.1. The molecule has 0 aliphatic rings. The summed E-state index contributed by atoms with van der Waals surface area (Å²) in [5.74, 6) is -1.81.